The SMILES string of the molecule is COCCNc1ncc(-c2cccc3c2OC(C)(C)C3)s1. The molecular formula is C16H20N2O2S. The van der Waals surface area contributed by atoms with E-state index in [2.05, 4.69) is 42.3 Å². The summed E-state index contributed by atoms with van der Waals surface area (Å²) in [5.74, 6) is 1.01. The number of rotatable bonds is 5. The molecule has 0 amide bonds. The Balaban J connectivity index is 1.84. The van der Waals surface area contributed by atoms with Crippen LogP contribution in [0.2, 0.25) is 0 Å². The maximum absolute atomic E-state index is 6.13. The molecule has 1 N–H and O–H groups in total. The van der Waals surface area contributed by atoms with Gasteiger partial charge >= 0.3 is 0 Å². The number of aromatic nitrogens is 1. The highest BCUT2D eigenvalue weighted by molar-refractivity contribution is 7.18. The second kappa shape index (κ2) is 5.66. The molecule has 2 aromatic rings. The highest BCUT2D eigenvalue weighted by Gasteiger charge is 2.32. The van der Waals surface area contributed by atoms with E-state index >= 15 is 0 Å². The minimum absolute atomic E-state index is 0.122. The molecule has 3 rings (SSSR count). The molecule has 0 bridgehead atoms. The Hall–Kier alpha value is -1.59. The van der Waals surface area contributed by atoms with Crippen molar-refractivity contribution in [2.75, 3.05) is 25.6 Å². The van der Waals surface area contributed by atoms with Crippen LogP contribution in [0.5, 0.6) is 5.75 Å². The fourth-order valence-corrected chi connectivity index (χ4v) is 3.41. The third-order valence-electron chi connectivity index (χ3n) is 3.44. The minimum atomic E-state index is -0.122. The van der Waals surface area contributed by atoms with E-state index in [-0.39, 0.29) is 5.60 Å². The first-order valence-electron chi connectivity index (χ1n) is 7.09. The first kappa shape index (κ1) is 14.4. The van der Waals surface area contributed by atoms with E-state index in [1.165, 1.54) is 5.56 Å². The first-order chi connectivity index (χ1) is 10.1. The summed E-state index contributed by atoms with van der Waals surface area (Å²) in [6.07, 6.45) is 2.86. The molecule has 0 radical (unpaired) electrons. The first-order valence-corrected chi connectivity index (χ1v) is 7.91. The third-order valence-corrected chi connectivity index (χ3v) is 4.43. The molecule has 5 heteroatoms. The average Bonchev–Trinajstić information content (AvgIpc) is 3.01. The van der Waals surface area contributed by atoms with E-state index in [0.29, 0.717) is 6.61 Å². The zero-order chi connectivity index (χ0) is 14.9. The second-order valence-electron chi connectivity index (χ2n) is 5.78. The van der Waals surface area contributed by atoms with Gasteiger partial charge in [-0.3, -0.25) is 0 Å². The summed E-state index contributed by atoms with van der Waals surface area (Å²) >= 11 is 1.64. The zero-order valence-electron chi connectivity index (χ0n) is 12.6. The molecule has 0 unspecified atom stereocenters. The molecule has 0 spiro atoms. The Morgan fingerprint density at radius 1 is 1.43 bits per heavy atom. The van der Waals surface area contributed by atoms with Crippen LogP contribution in [0.3, 0.4) is 0 Å². The van der Waals surface area contributed by atoms with Crippen molar-refractivity contribution in [3.8, 4) is 16.2 Å². The quantitative estimate of drug-likeness (QED) is 0.857. The van der Waals surface area contributed by atoms with Crippen molar-refractivity contribution in [3.05, 3.63) is 30.0 Å². The van der Waals surface area contributed by atoms with Gasteiger partial charge in [0.2, 0.25) is 0 Å². The van der Waals surface area contributed by atoms with Crippen LogP contribution in [0, 0.1) is 0 Å². The van der Waals surface area contributed by atoms with Gasteiger partial charge in [-0.1, -0.05) is 23.5 Å². The summed E-state index contributed by atoms with van der Waals surface area (Å²) in [6, 6.07) is 6.34. The number of methoxy groups -OCH3 is 1. The van der Waals surface area contributed by atoms with Gasteiger partial charge in [0.05, 0.1) is 11.5 Å². The van der Waals surface area contributed by atoms with Crippen molar-refractivity contribution in [2.45, 2.75) is 25.9 Å². The Labute approximate surface area is 129 Å². The third kappa shape index (κ3) is 3.04. The lowest BCUT2D eigenvalue weighted by atomic mass is 10.0. The lowest BCUT2D eigenvalue weighted by molar-refractivity contribution is 0.139. The summed E-state index contributed by atoms with van der Waals surface area (Å²) in [5, 5.41) is 4.18. The van der Waals surface area contributed by atoms with E-state index in [4.69, 9.17) is 9.47 Å². The van der Waals surface area contributed by atoms with Crippen molar-refractivity contribution in [2.24, 2.45) is 0 Å². The molecule has 1 aromatic heterocycles. The summed E-state index contributed by atoms with van der Waals surface area (Å²) in [6.45, 7) is 5.69. The molecule has 0 atom stereocenters. The molecule has 1 aliphatic rings. The van der Waals surface area contributed by atoms with Crippen LogP contribution in [0.4, 0.5) is 5.13 Å². The van der Waals surface area contributed by atoms with Gasteiger partial charge in [-0.15, -0.1) is 0 Å². The van der Waals surface area contributed by atoms with Gasteiger partial charge in [-0.25, -0.2) is 4.98 Å². The van der Waals surface area contributed by atoms with Crippen LogP contribution in [-0.2, 0) is 11.2 Å². The van der Waals surface area contributed by atoms with E-state index in [0.717, 1.165) is 34.3 Å². The van der Waals surface area contributed by atoms with E-state index in [1.54, 1.807) is 18.4 Å². The fraction of sp³-hybridized carbons (Fsp3) is 0.438. The molecule has 21 heavy (non-hydrogen) atoms. The summed E-state index contributed by atoms with van der Waals surface area (Å²) in [5.41, 5.74) is 2.29. The van der Waals surface area contributed by atoms with Gasteiger partial charge in [0.1, 0.15) is 11.4 Å². The lowest BCUT2D eigenvalue weighted by Crippen LogP contribution is -2.24. The predicted octanol–water partition coefficient (Wildman–Crippen LogP) is 3.58. The largest absolute Gasteiger partial charge is 0.487 e. The number of hydrogen-bond donors (Lipinski definition) is 1. The predicted molar refractivity (Wildman–Crippen MR) is 86.3 cm³/mol. The molecule has 2 heterocycles. The van der Waals surface area contributed by atoms with Crippen molar-refractivity contribution in [1.29, 1.82) is 0 Å². The Bertz CT molecular complexity index is 637. The van der Waals surface area contributed by atoms with Crippen molar-refractivity contribution < 1.29 is 9.47 Å². The van der Waals surface area contributed by atoms with Crippen molar-refractivity contribution >= 4 is 16.5 Å². The van der Waals surface area contributed by atoms with Gasteiger partial charge in [0, 0.05) is 31.8 Å². The fourth-order valence-electron chi connectivity index (χ4n) is 2.55. The monoisotopic (exact) mass is 304 g/mol. The highest BCUT2D eigenvalue weighted by atomic mass is 32.1. The van der Waals surface area contributed by atoms with Crippen LogP contribution in [0.15, 0.2) is 24.4 Å². The Morgan fingerprint density at radius 3 is 3.10 bits per heavy atom. The van der Waals surface area contributed by atoms with Gasteiger partial charge < -0.3 is 14.8 Å². The molecule has 0 fully saturated rings. The lowest BCUT2D eigenvalue weighted by Gasteiger charge is -2.17. The Morgan fingerprint density at radius 2 is 2.29 bits per heavy atom. The molecule has 4 nitrogen and oxygen atoms in total. The van der Waals surface area contributed by atoms with E-state index < -0.39 is 0 Å². The van der Waals surface area contributed by atoms with Crippen LogP contribution in [0.1, 0.15) is 19.4 Å². The number of thiazole rings is 1. The standard InChI is InChI=1S/C16H20N2O2S/c1-16(2)9-11-5-4-6-12(14(11)20-16)13-10-18-15(21-13)17-7-8-19-3/h4-6,10H,7-9H2,1-3H3,(H,17,18). The number of para-hydroxylation sites is 1. The summed E-state index contributed by atoms with van der Waals surface area (Å²) in [4.78, 5) is 5.55. The maximum atomic E-state index is 6.13. The molecule has 112 valence electrons. The summed E-state index contributed by atoms with van der Waals surface area (Å²) < 4.78 is 11.2. The van der Waals surface area contributed by atoms with Crippen LogP contribution >= 0.6 is 11.3 Å². The Kier molecular flexibility index (Phi) is 3.87. The number of fused-ring (bicyclic) bond motifs is 1. The van der Waals surface area contributed by atoms with E-state index in [9.17, 15) is 0 Å². The second-order valence-corrected chi connectivity index (χ2v) is 6.81. The highest BCUT2D eigenvalue weighted by Crippen LogP contribution is 2.44. The number of nitrogens with zero attached hydrogens (tertiary/aromatic N) is 1. The number of benzene rings is 1. The van der Waals surface area contributed by atoms with E-state index in [1.807, 2.05) is 6.20 Å². The molecular weight excluding hydrogens is 284 g/mol. The van der Waals surface area contributed by atoms with Gasteiger partial charge in [-0.05, 0) is 25.5 Å². The van der Waals surface area contributed by atoms with Crippen molar-refractivity contribution in [3.63, 3.8) is 0 Å². The number of ether oxygens (including phenoxy) is 2. The molecule has 0 saturated carbocycles. The number of anilines is 1. The van der Waals surface area contributed by atoms with Crippen LogP contribution in [-0.4, -0.2) is 30.8 Å². The minimum Gasteiger partial charge on any atom is -0.487 e. The molecule has 1 aliphatic heterocycles. The van der Waals surface area contributed by atoms with Crippen LogP contribution in [0.25, 0.3) is 10.4 Å². The smallest absolute Gasteiger partial charge is 0.183 e. The summed E-state index contributed by atoms with van der Waals surface area (Å²) in [7, 11) is 1.70. The normalized spacial score (nSPS) is 15.6. The maximum Gasteiger partial charge on any atom is 0.183 e. The van der Waals surface area contributed by atoms with Gasteiger partial charge in [0.15, 0.2) is 5.13 Å². The molecule has 1 aromatic carbocycles. The van der Waals surface area contributed by atoms with Gasteiger partial charge in [0.25, 0.3) is 0 Å². The molecule has 0 aliphatic carbocycles. The van der Waals surface area contributed by atoms with Crippen molar-refractivity contribution in [1.82, 2.24) is 4.98 Å². The topological polar surface area (TPSA) is 43.4 Å². The number of nitrogens with one attached hydrogen (secondary N) is 1. The molecule has 0 saturated heterocycles. The average molecular weight is 304 g/mol. The van der Waals surface area contributed by atoms with Crippen LogP contribution < -0.4 is 10.1 Å². The number of hydrogen-bond acceptors (Lipinski definition) is 5. The zero-order valence-corrected chi connectivity index (χ0v) is 13.4. The van der Waals surface area contributed by atoms with Gasteiger partial charge in [-0.2, -0.15) is 0 Å².